The molecule has 0 aromatic carbocycles. The number of hydrogen-bond donors (Lipinski definition) is 1. The van der Waals surface area contributed by atoms with Gasteiger partial charge in [0.15, 0.2) is 0 Å². The van der Waals surface area contributed by atoms with Crippen molar-refractivity contribution in [3.05, 3.63) is 53.1 Å². The van der Waals surface area contributed by atoms with Crippen molar-refractivity contribution in [2.45, 2.75) is 32.6 Å². The van der Waals surface area contributed by atoms with Gasteiger partial charge in [-0.3, -0.25) is 20.1 Å². The van der Waals surface area contributed by atoms with Gasteiger partial charge >= 0.3 is 0 Å². The fourth-order valence-corrected chi connectivity index (χ4v) is 1.79. The van der Waals surface area contributed by atoms with Gasteiger partial charge in [-0.1, -0.05) is 32.3 Å². The van der Waals surface area contributed by atoms with E-state index >= 15 is 0 Å². The van der Waals surface area contributed by atoms with Crippen molar-refractivity contribution in [3.8, 4) is 11.1 Å². The summed E-state index contributed by atoms with van der Waals surface area (Å²) >= 11 is 0. The molecule has 0 unspecified atom stereocenters. The van der Waals surface area contributed by atoms with E-state index in [-0.39, 0.29) is 5.69 Å². The largest absolute Gasteiger partial charge is 0.330 e. The van der Waals surface area contributed by atoms with E-state index in [1.54, 1.807) is 24.7 Å². The summed E-state index contributed by atoms with van der Waals surface area (Å²) in [5.74, 6) is 0. The Morgan fingerprint density at radius 2 is 1.91 bits per heavy atom. The molecule has 2 aromatic heterocycles. The molecule has 118 valence electrons. The molecule has 2 N–H and O–H groups in total. The minimum atomic E-state index is -0.465. The number of nitrogens with zero attached hydrogens (tertiary/aromatic N) is 3. The van der Waals surface area contributed by atoms with Crippen LogP contribution in [0, 0.1) is 10.1 Å². The maximum absolute atomic E-state index is 10.5. The maximum Gasteiger partial charge on any atom is 0.288 e. The molecule has 0 saturated carbocycles. The average molecular weight is 302 g/mol. The highest BCUT2D eigenvalue weighted by Crippen LogP contribution is 2.21. The SMILES string of the molecule is CCCCCCN.O=[N+]([O-])c1cncc(-c2cccnc2)c1. The summed E-state index contributed by atoms with van der Waals surface area (Å²) in [6.45, 7) is 3.07. The first-order valence-electron chi connectivity index (χ1n) is 7.39. The molecular weight excluding hydrogens is 280 g/mol. The Bertz CT molecular complexity index is 557. The minimum Gasteiger partial charge on any atom is -0.330 e. The molecular formula is C16H22N4O2. The van der Waals surface area contributed by atoms with Crippen LogP contribution in [0.25, 0.3) is 11.1 Å². The van der Waals surface area contributed by atoms with E-state index in [2.05, 4.69) is 16.9 Å². The Balaban J connectivity index is 0.000000295. The number of aromatic nitrogens is 2. The van der Waals surface area contributed by atoms with Gasteiger partial charge in [-0.25, -0.2) is 0 Å². The van der Waals surface area contributed by atoms with Gasteiger partial charge in [0.2, 0.25) is 0 Å². The van der Waals surface area contributed by atoms with E-state index in [1.165, 1.54) is 37.9 Å². The van der Waals surface area contributed by atoms with Crippen LogP contribution in [0.1, 0.15) is 32.6 Å². The number of pyridine rings is 2. The lowest BCUT2D eigenvalue weighted by Gasteiger charge is -1.98. The summed E-state index contributed by atoms with van der Waals surface area (Å²) in [5.41, 5.74) is 6.76. The maximum atomic E-state index is 10.5. The first-order chi connectivity index (χ1) is 10.7. The molecule has 0 aliphatic heterocycles. The smallest absolute Gasteiger partial charge is 0.288 e. The predicted molar refractivity (Wildman–Crippen MR) is 87.3 cm³/mol. The molecule has 6 nitrogen and oxygen atoms in total. The van der Waals surface area contributed by atoms with Crippen LogP contribution in [0.4, 0.5) is 5.69 Å². The Kier molecular flexibility index (Phi) is 8.37. The van der Waals surface area contributed by atoms with Gasteiger partial charge in [-0.2, -0.15) is 0 Å². The molecule has 2 aromatic rings. The van der Waals surface area contributed by atoms with Gasteiger partial charge < -0.3 is 5.73 Å². The van der Waals surface area contributed by atoms with Crippen LogP contribution in [0.2, 0.25) is 0 Å². The summed E-state index contributed by atoms with van der Waals surface area (Å²) in [7, 11) is 0. The molecule has 0 aliphatic rings. The predicted octanol–water partition coefficient (Wildman–Crippen LogP) is 3.58. The van der Waals surface area contributed by atoms with E-state index in [9.17, 15) is 10.1 Å². The summed E-state index contributed by atoms with van der Waals surface area (Å²) in [4.78, 5) is 17.8. The lowest BCUT2D eigenvalue weighted by Crippen LogP contribution is -1.97. The van der Waals surface area contributed by atoms with Gasteiger partial charge in [-0.15, -0.1) is 0 Å². The Labute approximate surface area is 130 Å². The number of nitro groups is 1. The van der Waals surface area contributed by atoms with Crippen LogP contribution >= 0.6 is 0 Å². The molecule has 2 rings (SSSR count). The Morgan fingerprint density at radius 3 is 2.50 bits per heavy atom. The molecule has 0 bridgehead atoms. The Morgan fingerprint density at radius 1 is 1.14 bits per heavy atom. The first kappa shape index (κ1) is 17.7. The second kappa shape index (κ2) is 10.4. The molecule has 0 spiro atoms. The molecule has 0 fully saturated rings. The fraction of sp³-hybridized carbons (Fsp3) is 0.375. The third kappa shape index (κ3) is 6.41. The van der Waals surface area contributed by atoms with Crippen LogP contribution in [-0.2, 0) is 0 Å². The summed E-state index contributed by atoms with van der Waals surface area (Å²) in [5, 5.41) is 10.5. The van der Waals surface area contributed by atoms with E-state index in [0.29, 0.717) is 5.56 Å². The monoisotopic (exact) mass is 302 g/mol. The number of nitrogens with two attached hydrogens (primary N) is 1. The topological polar surface area (TPSA) is 94.9 Å². The Hall–Kier alpha value is -2.34. The van der Waals surface area contributed by atoms with Crippen molar-refractivity contribution in [1.29, 1.82) is 0 Å². The molecule has 0 saturated heterocycles. The van der Waals surface area contributed by atoms with Gasteiger partial charge in [-0.05, 0) is 19.0 Å². The van der Waals surface area contributed by atoms with Crippen LogP contribution < -0.4 is 5.73 Å². The van der Waals surface area contributed by atoms with Gasteiger partial charge in [0.25, 0.3) is 5.69 Å². The number of unbranched alkanes of at least 4 members (excludes halogenated alkanes) is 3. The molecule has 0 atom stereocenters. The minimum absolute atomic E-state index is 0.0173. The lowest BCUT2D eigenvalue weighted by atomic mass is 10.1. The van der Waals surface area contributed by atoms with Crippen LogP contribution in [0.15, 0.2) is 43.0 Å². The van der Waals surface area contributed by atoms with Crippen molar-refractivity contribution in [2.24, 2.45) is 5.73 Å². The summed E-state index contributed by atoms with van der Waals surface area (Å²) < 4.78 is 0. The third-order valence-electron chi connectivity index (χ3n) is 2.99. The van der Waals surface area contributed by atoms with E-state index in [4.69, 9.17) is 5.73 Å². The summed E-state index contributed by atoms with van der Waals surface area (Å²) in [6, 6.07) is 5.08. The zero-order chi connectivity index (χ0) is 16.2. The highest BCUT2D eigenvalue weighted by atomic mass is 16.6. The second-order valence-corrected chi connectivity index (χ2v) is 4.78. The van der Waals surface area contributed by atoms with Gasteiger partial charge in [0.1, 0.15) is 6.20 Å². The van der Waals surface area contributed by atoms with Crippen LogP contribution in [0.5, 0.6) is 0 Å². The molecule has 0 radical (unpaired) electrons. The average Bonchev–Trinajstić information content (AvgIpc) is 2.57. The highest BCUT2D eigenvalue weighted by molar-refractivity contribution is 5.63. The standard InChI is InChI=1S/C10H7N3O2.C6H15N/c14-13(15)10-4-9(6-12-7-10)8-2-1-3-11-5-8;1-2-3-4-5-6-7/h1-7H;2-7H2,1H3. The molecule has 6 heteroatoms. The van der Waals surface area contributed by atoms with Crippen molar-refractivity contribution in [1.82, 2.24) is 9.97 Å². The number of rotatable bonds is 6. The zero-order valence-corrected chi connectivity index (χ0v) is 12.8. The molecule has 22 heavy (non-hydrogen) atoms. The van der Waals surface area contributed by atoms with E-state index < -0.39 is 4.92 Å². The van der Waals surface area contributed by atoms with Crippen molar-refractivity contribution in [2.75, 3.05) is 6.54 Å². The fourth-order valence-electron chi connectivity index (χ4n) is 1.79. The van der Waals surface area contributed by atoms with Crippen molar-refractivity contribution >= 4 is 5.69 Å². The van der Waals surface area contributed by atoms with Crippen LogP contribution in [-0.4, -0.2) is 21.4 Å². The molecule has 0 amide bonds. The normalized spacial score (nSPS) is 9.73. The first-order valence-corrected chi connectivity index (χ1v) is 7.39. The molecule has 2 heterocycles. The lowest BCUT2D eigenvalue weighted by molar-refractivity contribution is -0.385. The third-order valence-corrected chi connectivity index (χ3v) is 2.99. The summed E-state index contributed by atoms with van der Waals surface area (Å²) in [6.07, 6.45) is 11.2. The van der Waals surface area contributed by atoms with Gasteiger partial charge in [0, 0.05) is 35.8 Å². The number of hydrogen-bond acceptors (Lipinski definition) is 5. The quantitative estimate of drug-likeness (QED) is 0.500. The van der Waals surface area contributed by atoms with Crippen molar-refractivity contribution < 1.29 is 4.92 Å². The second-order valence-electron chi connectivity index (χ2n) is 4.78. The highest BCUT2D eigenvalue weighted by Gasteiger charge is 2.07. The van der Waals surface area contributed by atoms with Gasteiger partial charge in [0.05, 0.1) is 4.92 Å². The zero-order valence-electron chi connectivity index (χ0n) is 12.8. The molecule has 0 aliphatic carbocycles. The van der Waals surface area contributed by atoms with Crippen molar-refractivity contribution in [3.63, 3.8) is 0 Å². The van der Waals surface area contributed by atoms with Crippen LogP contribution in [0.3, 0.4) is 0 Å². The van der Waals surface area contributed by atoms with E-state index in [0.717, 1.165) is 12.1 Å². The van der Waals surface area contributed by atoms with E-state index in [1.807, 2.05) is 6.07 Å².